The second kappa shape index (κ2) is 10.0. The molecule has 36 heavy (non-hydrogen) atoms. The van der Waals surface area contributed by atoms with Crippen molar-refractivity contribution in [3.05, 3.63) is 102 Å². The summed E-state index contributed by atoms with van der Waals surface area (Å²) in [5.41, 5.74) is 5.70. The molecule has 0 saturated carbocycles. The molecule has 0 amide bonds. The number of hydrogen-bond acceptors (Lipinski definition) is 4. The van der Waals surface area contributed by atoms with E-state index in [0.29, 0.717) is 5.11 Å². The van der Waals surface area contributed by atoms with Crippen molar-refractivity contribution in [1.29, 1.82) is 0 Å². The van der Waals surface area contributed by atoms with Gasteiger partial charge in [-0.15, -0.1) is 0 Å². The van der Waals surface area contributed by atoms with Crippen molar-refractivity contribution in [2.24, 2.45) is 0 Å². The maximum absolute atomic E-state index is 6.04. The minimum absolute atomic E-state index is 0.0349. The van der Waals surface area contributed by atoms with E-state index >= 15 is 0 Å². The zero-order chi connectivity index (χ0) is 25.2. The van der Waals surface area contributed by atoms with Crippen LogP contribution in [-0.4, -0.2) is 21.8 Å². The zero-order valence-corrected chi connectivity index (χ0v) is 21.8. The number of nitrogens with one attached hydrogen (secondary N) is 1. The zero-order valence-electron chi connectivity index (χ0n) is 20.9. The van der Waals surface area contributed by atoms with Gasteiger partial charge in [0.25, 0.3) is 0 Å². The van der Waals surface area contributed by atoms with Gasteiger partial charge in [0, 0.05) is 29.8 Å². The molecule has 0 unspecified atom stereocenters. The van der Waals surface area contributed by atoms with Gasteiger partial charge in [-0.2, -0.15) is 0 Å². The first kappa shape index (κ1) is 23.9. The molecule has 0 spiro atoms. The molecule has 0 bridgehead atoms. The number of aryl methyl sites for hydroxylation is 1. The van der Waals surface area contributed by atoms with Gasteiger partial charge < -0.3 is 24.3 Å². The van der Waals surface area contributed by atoms with E-state index in [1.807, 2.05) is 54.7 Å². The number of pyridine rings is 1. The molecule has 3 heterocycles. The average Bonchev–Trinajstić information content (AvgIpc) is 3.40. The Morgan fingerprint density at radius 2 is 1.61 bits per heavy atom. The number of methoxy groups -OCH3 is 1. The highest BCUT2D eigenvalue weighted by Crippen LogP contribution is 2.43. The molecule has 1 fully saturated rings. The fourth-order valence-electron chi connectivity index (χ4n) is 5.02. The highest BCUT2D eigenvalue weighted by Gasteiger charge is 2.42. The van der Waals surface area contributed by atoms with Gasteiger partial charge in [0.1, 0.15) is 17.2 Å². The van der Waals surface area contributed by atoms with Crippen LogP contribution in [0.5, 0.6) is 17.2 Å². The number of aromatic nitrogens is 2. The lowest BCUT2D eigenvalue weighted by Gasteiger charge is -2.28. The van der Waals surface area contributed by atoms with Crippen LogP contribution < -0.4 is 19.7 Å². The summed E-state index contributed by atoms with van der Waals surface area (Å²) in [6.45, 7) is 7.45. The lowest BCUT2D eigenvalue weighted by atomic mass is 9.96. The summed E-state index contributed by atoms with van der Waals surface area (Å²) in [6, 6.07) is 23.8. The molecule has 0 radical (unpaired) electrons. The normalized spacial score (nSPS) is 17.2. The molecular weight excluding hydrogens is 468 g/mol. The van der Waals surface area contributed by atoms with E-state index in [1.54, 1.807) is 7.11 Å². The summed E-state index contributed by atoms with van der Waals surface area (Å²) in [7, 11) is 1.65. The van der Waals surface area contributed by atoms with Crippen molar-refractivity contribution in [3.63, 3.8) is 0 Å². The van der Waals surface area contributed by atoms with Crippen molar-refractivity contribution < 1.29 is 9.47 Å². The van der Waals surface area contributed by atoms with Gasteiger partial charge in [-0.25, -0.2) is 0 Å². The summed E-state index contributed by atoms with van der Waals surface area (Å²) in [5, 5.41) is 4.23. The molecule has 2 atom stereocenters. The van der Waals surface area contributed by atoms with Gasteiger partial charge in [0.15, 0.2) is 5.11 Å². The Morgan fingerprint density at radius 1 is 0.944 bits per heavy atom. The number of ether oxygens (including phenoxy) is 2. The number of nitrogens with zero attached hydrogens (tertiary/aromatic N) is 3. The molecule has 0 aliphatic carbocycles. The first-order valence-electron chi connectivity index (χ1n) is 12.1. The molecule has 5 rings (SSSR count). The third-order valence-electron chi connectivity index (χ3n) is 6.76. The van der Waals surface area contributed by atoms with E-state index in [9.17, 15) is 0 Å². The van der Waals surface area contributed by atoms with E-state index in [-0.39, 0.29) is 12.1 Å². The van der Waals surface area contributed by atoms with Crippen molar-refractivity contribution in [3.8, 4) is 17.2 Å². The topological polar surface area (TPSA) is 51.6 Å². The number of hydrogen-bond donors (Lipinski definition) is 1. The number of benzene rings is 2. The lowest BCUT2D eigenvalue weighted by molar-refractivity contribution is 0.413. The summed E-state index contributed by atoms with van der Waals surface area (Å²) in [6.07, 6.45) is 1.83. The SMILES string of the molecule is CCn1c(C)cc([C@@H]2[C@@H](c3ccccn3)NC(=S)N2c2ccc(Oc3ccc(OC)cc3)cc2)c1C. The number of anilines is 1. The molecule has 7 heteroatoms. The van der Waals surface area contributed by atoms with Crippen LogP contribution in [0.25, 0.3) is 0 Å². The van der Waals surface area contributed by atoms with Crippen LogP contribution in [0.15, 0.2) is 79.0 Å². The molecule has 184 valence electrons. The third-order valence-corrected chi connectivity index (χ3v) is 7.07. The Bertz CT molecular complexity index is 1350. The van der Waals surface area contributed by atoms with Gasteiger partial charge in [-0.05, 0) is 105 Å². The Balaban J connectivity index is 1.50. The van der Waals surface area contributed by atoms with Gasteiger partial charge in [0.2, 0.25) is 0 Å². The van der Waals surface area contributed by atoms with E-state index < -0.39 is 0 Å². The molecular formula is C29H30N4O2S. The van der Waals surface area contributed by atoms with Crippen LogP contribution in [0, 0.1) is 13.8 Å². The molecule has 1 aliphatic heterocycles. The molecule has 1 aliphatic rings. The molecule has 6 nitrogen and oxygen atoms in total. The lowest BCUT2D eigenvalue weighted by Crippen LogP contribution is -2.29. The summed E-state index contributed by atoms with van der Waals surface area (Å²) < 4.78 is 13.6. The number of rotatable bonds is 7. The van der Waals surface area contributed by atoms with Crippen molar-refractivity contribution in [2.45, 2.75) is 39.4 Å². The first-order chi connectivity index (χ1) is 17.5. The Kier molecular flexibility index (Phi) is 6.65. The predicted molar refractivity (Wildman–Crippen MR) is 147 cm³/mol. The van der Waals surface area contributed by atoms with Crippen LogP contribution in [0.3, 0.4) is 0 Å². The van der Waals surface area contributed by atoms with E-state index in [4.69, 9.17) is 21.7 Å². The molecule has 1 saturated heterocycles. The van der Waals surface area contributed by atoms with E-state index in [2.05, 4.69) is 64.8 Å². The third kappa shape index (κ3) is 4.42. The maximum Gasteiger partial charge on any atom is 0.174 e. The maximum atomic E-state index is 6.04. The van der Waals surface area contributed by atoms with Gasteiger partial charge >= 0.3 is 0 Å². The molecule has 2 aromatic heterocycles. The largest absolute Gasteiger partial charge is 0.497 e. The summed E-state index contributed by atoms with van der Waals surface area (Å²) in [4.78, 5) is 6.87. The second-order valence-corrected chi connectivity index (χ2v) is 9.23. The van der Waals surface area contributed by atoms with Gasteiger partial charge in [0.05, 0.1) is 24.9 Å². The number of thiocarbonyl (C=S) groups is 1. The predicted octanol–water partition coefficient (Wildman–Crippen LogP) is 6.50. The quantitative estimate of drug-likeness (QED) is 0.294. The molecule has 4 aromatic rings. The summed E-state index contributed by atoms with van der Waals surface area (Å²) >= 11 is 5.89. The molecule has 1 N–H and O–H groups in total. The smallest absolute Gasteiger partial charge is 0.174 e. The van der Waals surface area contributed by atoms with E-state index in [0.717, 1.165) is 35.2 Å². The van der Waals surface area contributed by atoms with Gasteiger partial charge in [-0.1, -0.05) is 6.07 Å². The second-order valence-electron chi connectivity index (χ2n) is 8.84. The fourth-order valence-corrected chi connectivity index (χ4v) is 5.36. The monoisotopic (exact) mass is 498 g/mol. The van der Waals surface area contributed by atoms with Crippen molar-refractivity contribution in [1.82, 2.24) is 14.9 Å². The van der Waals surface area contributed by atoms with Gasteiger partial charge in [-0.3, -0.25) is 4.98 Å². The van der Waals surface area contributed by atoms with Crippen molar-refractivity contribution in [2.75, 3.05) is 12.0 Å². The van der Waals surface area contributed by atoms with Crippen molar-refractivity contribution >= 4 is 23.0 Å². The highest BCUT2D eigenvalue weighted by molar-refractivity contribution is 7.80. The minimum Gasteiger partial charge on any atom is -0.497 e. The summed E-state index contributed by atoms with van der Waals surface area (Å²) in [5.74, 6) is 2.30. The fraction of sp³-hybridized carbons (Fsp3) is 0.241. The van der Waals surface area contributed by atoms with E-state index in [1.165, 1.54) is 17.0 Å². The average molecular weight is 499 g/mol. The van der Waals surface area contributed by atoms with Crippen LogP contribution in [0.1, 0.15) is 41.7 Å². The Morgan fingerprint density at radius 3 is 2.19 bits per heavy atom. The Labute approximate surface area is 217 Å². The molecule has 2 aromatic carbocycles. The highest BCUT2D eigenvalue weighted by atomic mass is 32.1. The first-order valence-corrected chi connectivity index (χ1v) is 12.5. The van der Waals surface area contributed by atoms with Crippen LogP contribution >= 0.6 is 12.2 Å². The van der Waals surface area contributed by atoms with Crippen LogP contribution in [0.4, 0.5) is 5.69 Å². The van der Waals surface area contributed by atoms with Crippen LogP contribution in [-0.2, 0) is 6.54 Å². The Hall–Kier alpha value is -3.84. The standard InChI is InChI=1S/C29H30N4O2S/c1-5-32-19(2)18-25(20(32)3)28-27(26-8-6-7-17-30-26)31-29(36)33(28)21-9-11-23(12-10-21)35-24-15-13-22(34-4)14-16-24/h6-18,27-28H,5H2,1-4H3,(H,31,36)/t27-,28-/m1/s1. The minimum atomic E-state index is -0.0697. The van der Waals surface area contributed by atoms with Crippen LogP contribution in [0.2, 0.25) is 0 Å².